The van der Waals surface area contributed by atoms with Gasteiger partial charge in [0.2, 0.25) is 0 Å². The van der Waals surface area contributed by atoms with E-state index in [1.807, 2.05) is 0 Å². The van der Waals surface area contributed by atoms with Gasteiger partial charge in [-0.05, 0) is 6.07 Å². The molecule has 0 saturated carbocycles. The molecule has 0 aromatic heterocycles. The maximum Gasteiger partial charge on any atom is 0.304 e. The van der Waals surface area contributed by atoms with E-state index in [9.17, 15) is 14.9 Å². The van der Waals surface area contributed by atoms with Crippen molar-refractivity contribution >= 4 is 23.4 Å². The van der Waals surface area contributed by atoms with Crippen LogP contribution in [-0.2, 0) is 4.79 Å². The quantitative estimate of drug-likeness (QED) is 0.486. The van der Waals surface area contributed by atoms with Crippen molar-refractivity contribution in [3.8, 4) is 5.75 Å². The van der Waals surface area contributed by atoms with Crippen molar-refractivity contribution in [2.24, 2.45) is 0 Å². The third-order valence-electron chi connectivity index (χ3n) is 2.11. The van der Waals surface area contributed by atoms with Crippen molar-refractivity contribution < 1.29 is 19.6 Å². The van der Waals surface area contributed by atoms with Crippen LogP contribution in [-0.4, -0.2) is 28.4 Å². The van der Waals surface area contributed by atoms with Crippen LogP contribution in [0.2, 0.25) is 0 Å². The summed E-state index contributed by atoms with van der Waals surface area (Å²) < 4.78 is 4.97. The van der Waals surface area contributed by atoms with Crippen molar-refractivity contribution in [1.29, 1.82) is 0 Å². The van der Waals surface area contributed by atoms with Crippen LogP contribution < -0.4 is 4.74 Å². The van der Waals surface area contributed by atoms with Crippen LogP contribution in [0, 0.1) is 10.1 Å². The van der Waals surface area contributed by atoms with Gasteiger partial charge < -0.3 is 9.84 Å². The van der Waals surface area contributed by atoms with Gasteiger partial charge in [0, 0.05) is 16.2 Å². The summed E-state index contributed by atoms with van der Waals surface area (Å²) in [5.74, 6) is -0.512. The van der Waals surface area contributed by atoms with Crippen LogP contribution in [0.15, 0.2) is 23.1 Å². The molecule has 1 atom stereocenters. The van der Waals surface area contributed by atoms with Gasteiger partial charge >= 0.3 is 5.97 Å². The number of carbonyl (C=O) groups is 1. The maximum absolute atomic E-state index is 10.7. The van der Waals surface area contributed by atoms with Gasteiger partial charge in [-0.1, -0.05) is 6.92 Å². The van der Waals surface area contributed by atoms with E-state index >= 15 is 0 Å². The molecule has 1 aromatic rings. The first kappa shape index (κ1) is 14.3. The molecule has 1 unspecified atom stereocenters. The van der Waals surface area contributed by atoms with Crippen LogP contribution in [0.1, 0.15) is 13.3 Å². The number of non-ortho nitro benzene ring substituents is 1. The number of nitro groups is 1. The zero-order chi connectivity index (χ0) is 13.7. The Kier molecular flexibility index (Phi) is 4.96. The summed E-state index contributed by atoms with van der Waals surface area (Å²) in [5.41, 5.74) is -0.0700. The molecule has 0 fully saturated rings. The third-order valence-corrected chi connectivity index (χ3v) is 3.19. The Labute approximate surface area is 108 Å². The summed E-state index contributed by atoms with van der Waals surface area (Å²) in [4.78, 5) is 21.4. The lowest BCUT2D eigenvalue weighted by atomic mass is 10.3. The van der Waals surface area contributed by atoms with Crippen molar-refractivity contribution in [2.75, 3.05) is 7.11 Å². The SMILES string of the molecule is COc1cc(SC(C)CC(=O)O)cc([N+](=O)[O-])c1. The number of nitrogens with zero attached hydrogens (tertiary/aromatic N) is 1. The van der Waals surface area contributed by atoms with E-state index in [-0.39, 0.29) is 17.4 Å². The average molecular weight is 271 g/mol. The number of benzene rings is 1. The number of hydrogen-bond donors (Lipinski definition) is 1. The number of ether oxygens (including phenoxy) is 1. The Morgan fingerprint density at radius 3 is 2.72 bits per heavy atom. The number of methoxy groups -OCH3 is 1. The molecule has 6 nitrogen and oxygen atoms in total. The van der Waals surface area contributed by atoms with Crippen molar-refractivity contribution in [3.63, 3.8) is 0 Å². The first-order valence-corrected chi connectivity index (χ1v) is 6.02. The highest BCUT2D eigenvalue weighted by atomic mass is 32.2. The molecule has 0 saturated heterocycles. The van der Waals surface area contributed by atoms with E-state index in [0.717, 1.165) is 0 Å². The normalized spacial score (nSPS) is 11.9. The lowest BCUT2D eigenvalue weighted by molar-refractivity contribution is -0.385. The second kappa shape index (κ2) is 6.25. The van der Waals surface area contributed by atoms with E-state index in [1.165, 1.54) is 31.0 Å². The van der Waals surface area contributed by atoms with Gasteiger partial charge in [-0.3, -0.25) is 14.9 Å². The molecule has 0 aliphatic rings. The van der Waals surface area contributed by atoms with E-state index in [2.05, 4.69) is 0 Å². The van der Waals surface area contributed by atoms with Crippen LogP contribution in [0.4, 0.5) is 5.69 Å². The van der Waals surface area contributed by atoms with Crippen LogP contribution >= 0.6 is 11.8 Å². The first-order valence-electron chi connectivity index (χ1n) is 5.14. The van der Waals surface area contributed by atoms with Gasteiger partial charge in [0.25, 0.3) is 5.69 Å². The lowest BCUT2D eigenvalue weighted by Gasteiger charge is -2.09. The fourth-order valence-corrected chi connectivity index (χ4v) is 2.43. The van der Waals surface area contributed by atoms with Gasteiger partial charge in [-0.25, -0.2) is 0 Å². The summed E-state index contributed by atoms with van der Waals surface area (Å²) in [7, 11) is 1.42. The van der Waals surface area contributed by atoms with Crippen LogP contribution in [0.3, 0.4) is 0 Å². The fourth-order valence-electron chi connectivity index (χ4n) is 1.37. The molecule has 18 heavy (non-hydrogen) atoms. The number of rotatable bonds is 6. The number of carboxylic acid groups (broad SMARTS) is 1. The Morgan fingerprint density at radius 2 is 2.22 bits per heavy atom. The molecule has 0 amide bonds. The second-order valence-corrected chi connectivity index (χ2v) is 5.16. The Morgan fingerprint density at radius 1 is 1.56 bits per heavy atom. The van der Waals surface area contributed by atoms with Gasteiger partial charge in [0.1, 0.15) is 5.75 Å². The van der Waals surface area contributed by atoms with E-state index in [1.54, 1.807) is 13.0 Å². The summed E-state index contributed by atoms with van der Waals surface area (Å²) in [6, 6.07) is 4.38. The molecule has 0 heterocycles. The minimum absolute atomic E-state index is 0.00429. The first-order chi connectivity index (χ1) is 8.42. The summed E-state index contributed by atoms with van der Waals surface area (Å²) in [6.45, 7) is 1.75. The number of carboxylic acids is 1. The monoisotopic (exact) mass is 271 g/mol. The van der Waals surface area contributed by atoms with Crippen molar-refractivity contribution in [3.05, 3.63) is 28.3 Å². The molecule has 0 aliphatic carbocycles. The van der Waals surface area contributed by atoms with Crippen molar-refractivity contribution in [1.82, 2.24) is 0 Å². The minimum Gasteiger partial charge on any atom is -0.496 e. The van der Waals surface area contributed by atoms with Gasteiger partial charge in [-0.2, -0.15) is 0 Å². The Balaban J connectivity index is 2.90. The highest BCUT2D eigenvalue weighted by Gasteiger charge is 2.14. The lowest BCUT2D eigenvalue weighted by Crippen LogP contribution is -2.05. The second-order valence-electron chi connectivity index (χ2n) is 3.65. The summed E-state index contributed by atoms with van der Waals surface area (Å²) in [5, 5.41) is 19.2. The number of nitro benzene ring substituents is 1. The summed E-state index contributed by atoms with van der Waals surface area (Å²) >= 11 is 1.27. The van der Waals surface area contributed by atoms with E-state index < -0.39 is 10.9 Å². The van der Waals surface area contributed by atoms with E-state index in [0.29, 0.717) is 10.6 Å². The number of thioether (sulfide) groups is 1. The fraction of sp³-hybridized carbons (Fsp3) is 0.364. The molecule has 7 heteroatoms. The van der Waals surface area contributed by atoms with Crippen LogP contribution in [0.25, 0.3) is 0 Å². The summed E-state index contributed by atoms with van der Waals surface area (Å²) in [6.07, 6.45) is -0.00429. The molecule has 0 radical (unpaired) electrons. The molecule has 98 valence electrons. The van der Waals surface area contributed by atoms with Crippen molar-refractivity contribution in [2.45, 2.75) is 23.5 Å². The molecular formula is C11H13NO5S. The van der Waals surface area contributed by atoms with Gasteiger partial charge in [0.15, 0.2) is 0 Å². The molecule has 0 bridgehead atoms. The largest absolute Gasteiger partial charge is 0.496 e. The highest BCUT2D eigenvalue weighted by Crippen LogP contribution is 2.32. The average Bonchev–Trinajstić information content (AvgIpc) is 2.27. The zero-order valence-electron chi connectivity index (χ0n) is 9.95. The number of aliphatic carboxylic acids is 1. The number of hydrogen-bond acceptors (Lipinski definition) is 5. The highest BCUT2D eigenvalue weighted by molar-refractivity contribution is 8.00. The zero-order valence-corrected chi connectivity index (χ0v) is 10.8. The maximum atomic E-state index is 10.7. The predicted molar refractivity (Wildman–Crippen MR) is 67.2 cm³/mol. The minimum atomic E-state index is -0.896. The topological polar surface area (TPSA) is 89.7 Å². The Bertz CT molecular complexity index is 463. The smallest absolute Gasteiger partial charge is 0.304 e. The van der Waals surface area contributed by atoms with Gasteiger partial charge in [0.05, 0.1) is 24.5 Å². The molecule has 0 aliphatic heterocycles. The van der Waals surface area contributed by atoms with Gasteiger partial charge in [-0.15, -0.1) is 11.8 Å². The molecule has 0 spiro atoms. The standard InChI is InChI=1S/C11H13NO5S/c1-7(3-11(13)14)18-10-5-8(12(15)16)4-9(6-10)17-2/h4-7H,3H2,1-2H3,(H,13,14). The molecule has 1 N–H and O–H groups in total. The van der Waals surface area contributed by atoms with Crippen LogP contribution in [0.5, 0.6) is 5.75 Å². The molecule has 1 aromatic carbocycles. The predicted octanol–water partition coefficient (Wildman–Crippen LogP) is 2.56. The molecule has 1 rings (SSSR count). The molecular weight excluding hydrogens is 258 g/mol. The Hall–Kier alpha value is -1.76. The third kappa shape index (κ3) is 4.25. The van der Waals surface area contributed by atoms with E-state index in [4.69, 9.17) is 9.84 Å².